The molecule has 3 nitrogen and oxygen atoms in total. The molecule has 0 spiro atoms. The van der Waals surface area contributed by atoms with Gasteiger partial charge < -0.3 is 5.11 Å². The Balaban J connectivity index is 1.58. The largest absolute Gasteiger partial charge is 0.395 e. The van der Waals surface area contributed by atoms with E-state index in [2.05, 4.69) is 64.4 Å². The van der Waals surface area contributed by atoms with Crippen LogP contribution in [0.4, 0.5) is 0 Å². The molecule has 2 heterocycles. The molecule has 26 heavy (non-hydrogen) atoms. The second kappa shape index (κ2) is 8.40. The first-order chi connectivity index (χ1) is 12.8. The maximum absolute atomic E-state index is 9.10. The average Bonchev–Trinajstić information content (AvgIpc) is 2.85. The molecule has 136 valence electrons. The summed E-state index contributed by atoms with van der Waals surface area (Å²) in [6, 6.07) is 17.6. The summed E-state index contributed by atoms with van der Waals surface area (Å²) in [5.41, 5.74) is 5.54. The molecular formula is C22H26N2OS. The number of rotatable bonds is 4. The third-order valence-corrected chi connectivity index (χ3v) is 6.43. The first-order valence-electron chi connectivity index (χ1n) is 9.41. The number of β-amino-alcohol motifs (C(OH)–C–C–N with tert-alkyl or cyclic N) is 1. The highest BCUT2D eigenvalue weighted by molar-refractivity contribution is 7.98. The lowest BCUT2D eigenvalue weighted by Crippen LogP contribution is -2.47. The number of aliphatic hydroxyl groups excluding tert-OH is 1. The molecule has 1 saturated heterocycles. The molecule has 1 fully saturated rings. The number of hydrogen-bond donors (Lipinski definition) is 1. The van der Waals surface area contributed by atoms with Gasteiger partial charge in [-0.2, -0.15) is 0 Å². The zero-order valence-corrected chi connectivity index (χ0v) is 15.9. The van der Waals surface area contributed by atoms with Gasteiger partial charge in [-0.3, -0.25) is 9.80 Å². The Labute approximate surface area is 160 Å². The number of piperazine rings is 1. The summed E-state index contributed by atoms with van der Waals surface area (Å²) in [5.74, 6) is 1.03. The Morgan fingerprint density at radius 2 is 1.58 bits per heavy atom. The Bertz CT molecular complexity index is 732. The first kappa shape index (κ1) is 17.8. The molecule has 4 heteroatoms. The van der Waals surface area contributed by atoms with Gasteiger partial charge in [-0.25, -0.2) is 0 Å². The maximum atomic E-state index is 9.10. The minimum atomic E-state index is 0.259. The molecular weight excluding hydrogens is 340 g/mol. The second-order valence-corrected chi connectivity index (χ2v) is 7.94. The highest BCUT2D eigenvalue weighted by Gasteiger charge is 2.19. The van der Waals surface area contributed by atoms with E-state index in [4.69, 9.17) is 5.11 Å². The highest BCUT2D eigenvalue weighted by atomic mass is 32.2. The van der Waals surface area contributed by atoms with Crippen molar-refractivity contribution >= 4 is 17.3 Å². The van der Waals surface area contributed by atoms with E-state index in [0.29, 0.717) is 0 Å². The van der Waals surface area contributed by atoms with Gasteiger partial charge in [-0.15, -0.1) is 11.8 Å². The number of benzene rings is 2. The summed E-state index contributed by atoms with van der Waals surface area (Å²) in [5, 5.41) is 9.10. The molecule has 2 aromatic rings. The molecule has 0 saturated carbocycles. The fourth-order valence-electron chi connectivity index (χ4n) is 3.80. The Kier molecular flexibility index (Phi) is 5.75. The number of thioether (sulfide) groups is 1. The lowest BCUT2D eigenvalue weighted by atomic mass is 9.94. The van der Waals surface area contributed by atoms with Crippen LogP contribution in [0.15, 0.2) is 59.5 Å². The van der Waals surface area contributed by atoms with E-state index >= 15 is 0 Å². The van der Waals surface area contributed by atoms with Gasteiger partial charge in [0.25, 0.3) is 0 Å². The van der Waals surface area contributed by atoms with Crippen LogP contribution in [-0.2, 0) is 5.75 Å². The summed E-state index contributed by atoms with van der Waals surface area (Å²) in [7, 11) is 0. The fourth-order valence-corrected chi connectivity index (χ4v) is 4.87. The Hall–Kier alpha value is -1.59. The number of hydrogen-bond acceptors (Lipinski definition) is 4. The second-order valence-electron chi connectivity index (χ2n) is 6.93. The summed E-state index contributed by atoms with van der Waals surface area (Å²) >= 11 is 1.94. The maximum Gasteiger partial charge on any atom is 0.0558 e. The highest BCUT2D eigenvalue weighted by Crippen LogP contribution is 2.39. The molecule has 1 N–H and O–H groups in total. The molecule has 2 aliphatic rings. The number of aliphatic hydroxyl groups is 1. The van der Waals surface area contributed by atoms with Crippen molar-refractivity contribution in [3.8, 4) is 0 Å². The van der Waals surface area contributed by atoms with E-state index in [9.17, 15) is 0 Å². The summed E-state index contributed by atoms with van der Waals surface area (Å²) in [4.78, 5) is 6.24. The molecule has 0 bridgehead atoms. The first-order valence-corrected chi connectivity index (χ1v) is 10.4. The fraction of sp³-hybridized carbons (Fsp3) is 0.364. The van der Waals surface area contributed by atoms with Gasteiger partial charge in [0, 0.05) is 49.9 Å². The average molecular weight is 367 g/mol. The third kappa shape index (κ3) is 3.89. The third-order valence-electron chi connectivity index (χ3n) is 5.30. The van der Waals surface area contributed by atoms with Crippen molar-refractivity contribution < 1.29 is 5.11 Å². The van der Waals surface area contributed by atoms with Crippen molar-refractivity contribution in [1.29, 1.82) is 0 Å². The van der Waals surface area contributed by atoms with Crippen LogP contribution in [0.5, 0.6) is 0 Å². The van der Waals surface area contributed by atoms with Crippen molar-refractivity contribution in [1.82, 2.24) is 9.80 Å². The van der Waals surface area contributed by atoms with Crippen molar-refractivity contribution in [2.75, 3.05) is 45.9 Å². The molecule has 0 atom stereocenters. The smallest absolute Gasteiger partial charge is 0.0558 e. The minimum absolute atomic E-state index is 0.259. The normalized spacial score (nSPS) is 19.8. The molecule has 0 radical (unpaired) electrons. The minimum Gasteiger partial charge on any atom is -0.395 e. The number of fused-ring (bicyclic) bond motifs is 2. The van der Waals surface area contributed by atoms with Crippen LogP contribution in [0.2, 0.25) is 0 Å². The summed E-state index contributed by atoms with van der Waals surface area (Å²) in [6.45, 7) is 6.28. The van der Waals surface area contributed by atoms with Crippen molar-refractivity contribution in [3.63, 3.8) is 0 Å². The van der Waals surface area contributed by atoms with Crippen LogP contribution in [-0.4, -0.2) is 60.8 Å². The topological polar surface area (TPSA) is 26.7 Å². The summed E-state index contributed by atoms with van der Waals surface area (Å²) < 4.78 is 0. The molecule has 0 unspecified atom stereocenters. The zero-order valence-electron chi connectivity index (χ0n) is 15.1. The molecule has 2 aliphatic heterocycles. The van der Waals surface area contributed by atoms with E-state index in [1.807, 2.05) is 11.8 Å². The van der Waals surface area contributed by atoms with Gasteiger partial charge >= 0.3 is 0 Å². The lowest BCUT2D eigenvalue weighted by Gasteiger charge is -2.33. The predicted octanol–water partition coefficient (Wildman–Crippen LogP) is 3.33. The SMILES string of the molecule is OCCN1CCN(C/C=C2\c3ccccc3CSc3ccccc32)CC1. The predicted molar refractivity (Wildman–Crippen MR) is 109 cm³/mol. The van der Waals surface area contributed by atoms with Gasteiger partial charge in [-0.05, 0) is 28.3 Å². The Morgan fingerprint density at radius 3 is 2.38 bits per heavy atom. The molecule has 2 aromatic carbocycles. The van der Waals surface area contributed by atoms with Crippen LogP contribution in [0.3, 0.4) is 0 Å². The van der Waals surface area contributed by atoms with E-state index < -0.39 is 0 Å². The Morgan fingerprint density at radius 1 is 0.885 bits per heavy atom. The van der Waals surface area contributed by atoms with Crippen LogP contribution in [0.25, 0.3) is 5.57 Å². The lowest BCUT2D eigenvalue weighted by molar-refractivity contribution is 0.120. The van der Waals surface area contributed by atoms with E-state index in [-0.39, 0.29) is 6.61 Å². The molecule has 0 aliphatic carbocycles. The van der Waals surface area contributed by atoms with Crippen molar-refractivity contribution in [2.45, 2.75) is 10.6 Å². The van der Waals surface area contributed by atoms with Gasteiger partial charge in [0.1, 0.15) is 0 Å². The van der Waals surface area contributed by atoms with E-state index in [1.165, 1.54) is 27.2 Å². The van der Waals surface area contributed by atoms with Crippen molar-refractivity contribution in [3.05, 3.63) is 71.3 Å². The zero-order chi connectivity index (χ0) is 17.8. The van der Waals surface area contributed by atoms with Gasteiger partial charge in [0.2, 0.25) is 0 Å². The van der Waals surface area contributed by atoms with E-state index in [0.717, 1.165) is 45.0 Å². The van der Waals surface area contributed by atoms with Gasteiger partial charge in [0.15, 0.2) is 0 Å². The number of nitrogens with zero attached hydrogens (tertiary/aromatic N) is 2. The monoisotopic (exact) mass is 366 g/mol. The van der Waals surface area contributed by atoms with Crippen LogP contribution < -0.4 is 0 Å². The molecule has 0 amide bonds. The van der Waals surface area contributed by atoms with Gasteiger partial charge in [0.05, 0.1) is 6.61 Å². The quantitative estimate of drug-likeness (QED) is 0.898. The van der Waals surface area contributed by atoms with Crippen LogP contribution in [0, 0.1) is 0 Å². The van der Waals surface area contributed by atoms with Crippen LogP contribution in [0.1, 0.15) is 16.7 Å². The summed E-state index contributed by atoms with van der Waals surface area (Å²) in [6.07, 6.45) is 2.42. The van der Waals surface area contributed by atoms with Crippen molar-refractivity contribution in [2.24, 2.45) is 0 Å². The standard InChI is InChI=1S/C22H26N2OS/c25-16-15-24-13-11-23(12-14-24)10-9-20-19-6-2-1-5-18(19)17-26-22-8-4-3-7-21(20)22/h1-9,25H,10-17H2/b20-9+. The molecule has 4 rings (SSSR count). The van der Waals surface area contributed by atoms with Gasteiger partial charge in [-0.1, -0.05) is 48.5 Å². The van der Waals surface area contributed by atoms with E-state index in [1.54, 1.807) is 0 Å². The van der Waals surface area contributed by atoms with Crippen LogP contribution >= 0.6 is 11.8 Å². The molecule has 0 aromatic heterocycles.